The number of nitrogens with two attached hydrogens (primary N) is 1. The molecule has 0 saturated carbocycles. The van der Waals surface area contributed by atoms with Crippen molar-refractivity contribution in [3.05, 3.63) is 107 Å². The van der Waals surface area contributed by atoms with E-state index < -0.39 is 53.3 Å². The predicted molar refractivity (Wildman–Crippen MR) is 476 cm³/mol. The van der Waals surface area contributed by atoms with Gasteiger partial charge in [-0.25, -0.2) is 53.0 Å². The number of rotatable bonds is 22. The number of pyridine rings is 3. The van der Waals surface area contributed by atoms with Gasteiger partial charge in [0, 0.05) is 200 Å². The number of ether oxygens (including phenoxy) is 2. The van der Waals surface area contributed by atoms with Gasteiger partial charge in [0.1, 0.15) is 34.0 Å². The molecule has 6 fully saturated rings. The van der Waals surface area contributed by atoms with Crippen LogP contribution >= 0.6 is 0 Å². The number of Topliss-reactive ketones (excluding diaryl/α,β-unsaturated/α-hetero) is 2. The minimum atomic E-state index is -4.78. The molecule has 15 heterocycles. The van der Waals surface area contributed by atoms with E-state index in [9.17, 15) is 77.9 Å². The third-order valence-electron chi connectivity index (χ3n) is 23.4. The van der Waals surface area contributed by atoms with Crippen LogP contribution in [0.25, 0.3) is 50.7 Å². The Bertz CT molecular complexity index is 5760. The van der Waals surface area contributed by atoms with Gasteiger partial charge in [-0.3, -0.25) is 54.1 Å². The Hall–Kier alpha value is -13.8. The van der Waals surface area contributed by atoms with Crippen molar-refractivity contribution in [2.24, 2.45) is 0 Å². The van der Waals surface area contributed by atoms with Gasteiger partial charge in [-0.15, -0.1) is 15.3 Å². The zero-order valence-electron chi connectivity index (χ0n) is 74.6. The molecule has 9 aromatic rings. The number of hydrogen-bond acceptors (Lipinski definition) is 26. The van der Waals surface area contributed by atoms with E-state index in [1.807, 2.05) is 24.4 Å². The van der Waals surface area contributed by atoms with Gasteiger partial charge in [-0.05, 0) is 149 Å². The zero-order valence-corrected chi connectivity index (χ0v) is 74.6. The van der Waals surface area contributed by atoms with E-state index in [1.54, 1.807) is 61.4 Å². The Morgan fingerprint density at radius 1 is 0.396 bits per heavy atom. The lowest BCUT2D eigenvalue weighted by Crippen LogP contribution is -2.50. The summed E-state index contributed by atoms with van der Waals surface area (Å²) in [5.74, 6) is 14.0. The van der Waals surface area contributed by atoms with Crippen LogP contribution in [-0.2, 0) is 76.4 Å². The van der Waals surface area contributed by atoms with Crippen molar-refractivity contribution in [1.82, 2.24) is 93.5 Å². The van der Waals surface area contributed by atoms with Gasteiger partial charge in [0.15, 0.2) is 34.9 Å². The highest BCUT2D eigenvalue weighted by atomic mass is 19.4. The van der Waals surface area contributed by atoms with Crippen LogP contribution in [0.2, 0.25) is 0 Å². The molecular formula is C90H102F9N25O10. The number of piperazine rings is 3. The average molecular weight is 1860 g/mol. The van der Waals surface area contributed by atoms with Crippen LogP contribution in [0, 0.1) is 35.5 Å². The summed E-state index contributed by atoms with van der Waals surface area (Å²) >= 11 is 0. The number of methoxy groups -OCH3 is 2. The molecule has 5 N–H and O–H groups in total. The Kier molecular flexibility index (Phi) is 32.2. The fraction of sp³-hybridized carbons (Fsp3) is 0.478. The number of carbonyl (C=O) groups excluding carboxylic acids is 8. The molecule has 0 bridgehead atoms. The minimum Gasteiger partial charge on any atom is -0.453 e. The third kappa shape index (κ3) is 25.3. The Morgan fingerprint density at radius 3 is 1.02 bits per heavy atom. The van der Waals surface area contributed by atoms with E-state index >= 15 is 0 Å². The number of nitrogens with one attached hydrogen (secondary N) is 3. The van der Waals surface area contributed by atoms with Crippen LogP contribution in [0.1, 0.15) is 138 Å². The van der Waals surface area contributed by atoms with Crippen LogP contribution in [0.4, 0.5) is 84.0 Å². The van der Waals surface area contributed by atoms with Crippen molar-refractivity contribution in [1.29, 1.82) is 0 Å². The number of carbonyl (C=O) groups is 8. The second-order valence-corrected chi connectivity index (χ2v) is 32.7. The highest BCUT2D eigenvalue weighted by molar-refractivity contribution is 5.98. The number of anilines is 6. The molecule has 9 aromatic heterocycles. The molecule has 35 nitrogen and oxygen atoms in total. The second kappa shape index (κ2) is 44.2. The molecule has 0 aliphatic carbocycles. The highest BCUT2D eigenvalue weighted by Crippen LogP contribution is 2.42. The maximum absolute atomic E-state index is 14.3. The summed E-state index contributed by atoms with van der Waals surface area (Å²) in [4.78, 5) is 140. The van der Waals surface area contributed by atoms with Crippen molar-refractivity contribution in [3.63, 3.8) is 0 Å². The van der Waals surface area contributed by atoms with Crippen LogP contribution in [-0.4, -0.2) is 274 Å². The summed E-state index contributed by atoms with van der Waals surface area (Å²) in [6.07, 6.45) is 1.78. The second-order valence-electron chi connectivity index (χ2n) is 32.7. The first kappa shape index (κ1) is 97.7. The SMILES string of the molecule is CC#CC(=O)CCC(=O)N1CCN(Cc2cc3c(N4CCCCC4)nc(-c4cnc(N)cc4C(F)(F)F)nn3c2)CC1.CC#CC(=O)CCC(=O)N1CCN(Cc2cc3c(N4CCCCC4)nc(-c4cnc(NC(=O)OC)cc4C(F)(F)F)nn3c2)CC1.CC#CC(=O)NCC(=O)N1CCN(Cc2cc3c(N4CCCCC4)nc(-c4cnc(NC(=O)OC)cc4C(F)(F)F)nn3c2)CC1. The number of piperidine rings is 3. The number of nitrogen functional groups attached to an aromatic ring is 1. The molecule has 6 aliphatic heterocycles. The number of nitrogens with zero attached hydrogens (tertiary/aromatic N) is 21. The van der Waals surface area contributed by atoms with E-state index in [4.69, 9.17) is 5.73 Å². The van der Waals surface area contributed by atoms with Crippen molar-refractivity contribution in [3.8, 4) is 69.7 Å². The first-order chi connectivity index (χ1) is 64.2. The van der Waals surface area contributed by atoms with Crippen molar-refractivity contribution in [2.45, 2.75) is 142 Å². The van der Waals surface area contributed by atoms with Gasteiger partial charge in [-0.1, -0.05) is 17.8 Å². The number of aromatic nitrogens is 12. The quantitative estimate of drug-likeness (QED) is 0.0278. The van der Waals surface area contributed by atoms with E-state index in [-0.39, 0.29) is 113 Å². The summed E-state index contributed by atoms with van der Waals surface area (Å²) in [7, 11) is 2.20. The monoisotopic (exact) mass is 1860 g/mol. The molecule has 15 rings (SSSR count). The van der Waals surface area contributed by atoms with Crippen LogP contribution < -0.4 is 36.4 Å². The number of hydrogen-bond donors (Lipinski definition) is 4. The number of halogens is 9. The molecule has 0 unspecified atom stereocenters. The molecule has 0 aromatic carbocycles. The van der Waals surface area contributed by atoms with Gasteiger partial charge >= 0.3 is 30.7 Å². The maximum atomic E-state index is 14.3. The first-order valence-corrected chi connectivity index (χ1v) is 44.0. The summed E-state index contributed by atoms with van der Waals surface area (Å²) in [6, 6.07) is 8.17. The first-order valence-electron chi connectivity index (χ1n) is 44.0. The molecule has 0 radical (unpaired) electrons. The molecule has 44 heteroatoms. The number of amides is 6. The Morgan fingerprint density at radius 2 is 0.709 bits per heavy atom. The smallest absolute Gasteiger partial charge is 0.417 e. The predicted octanol–water partition coefficient (Wildman–Crippen LogP) is 10.2. The lowest BCUT2D eigenvalue weighted by Gasteiger charge is -2.34. The Balaban J connectivity index is 0.000000171. The maximum Gasteiger partial charge on any atom is 0.417 e. The zero-order chi connectivity index (χ0) is 95.5. The summed E-state index contributed by atoms with van der Waals surface area (Å²) < 4.78 is 141. The van der Waals surface area contributed by atoms with Gasteiger partial charge in [0.2, 0.25) is 29.3 Å². The molecule has 710 valence electrons. The van der Waals surface area contributed by atoms with E-state index in [0.29, 0.717) is 153 Å². The third-order valence-corrected chi connectivity index (χ3v) is 23.4. The number of alkyl halides is 9. The Labute approximate surface area is 765 Å². The minimum absolute atomic E-state index is 0.0557. The van der Waals surface area contributed by atoms with Crippen molar-refractivity contribution >= 4 is 98.8 Å². The average Bonchev–Trinajstić information content (AvgIpc) is 1.73. The lowest BCUT2D eigenvalue weighted by molar-refractivity contribution is -0.137. The fourth-order valence-electron chi connectivity index (χ4n) is 16.6. The molecule has 6 aliphatic rings. The van der Waals surface area contributed by atoms with Gasteiger partial charge < -0.3 is 49.9 Å². The van der Waals surface area contributed by atoms with E-state index in [1.165, 1.54) is 0 Å². The molecule has 6 amide bonds. The topological polar surface area (TPSA) is 376 Å². The lowest BCUT2D eigenvalue weighted by atomic mass is 10.1. The molecular weight excluding hydrogens is 1760 g/mol. The van der Waals surface area contributed by atoms with E-state index in [0.717, 1.165) is 144 Å². The van der Waals surface area contributed by atoms with E-state index in [2.05, 4.69) is 136 Å². The van der Waals surface area contributed by atoms with Crippen molar-refractivity contribution < 1.29 is 87.3 Å². The van der Waals surface area contributed by atoms with Gasteiger partial charge in [0.05, 0.1) is 54.1 Å². The van der Waals surface area contributed by atoms with Crippen LogP contribution in [0.15, 0.2) is 73.6 Å². The standard InChI is InChI=1S/C31H35F3N8O4.C30H34F3N9O4.C29H33F3N8O2/c1-3-7-22(43)8-9-27(44)40-14-12-39(13-15-40)19-21-16-25-29(41-10-5-4-6-11-41)37-28(38-42(25)20-21)23-18-35-26(36-30(45)46-2)17-24(23)31(32,33)34;1-3-7-25(43)35-17-26(44)40-12-10-39(11-13-40)18-20-14-23-28(41-8-5-4-6-9-41)37-27(38-42(23)19-20)21-16-34-24(36-29(45)46-2)15-22(21)30(31,32)33;1-2-6-21(41)7-8-26(42)38-13-11-37(12-14-38)18-20-15-24-28(39-9-4-3-5-10-39)35-27(36-40(24)19-20)22-17-34-25(33)16-23(22)29(30,31)32/h16-18,20H,4-6,8-15,19H2,1-2H3,(H,35,36,45);14-16,19H,4-6,8-13,17-18H2,1-2H3,(H,35,43)(H,34,36,45);15-17,19H,3-5,7-14,18H2,1H3,(H2,33,34). The van der Waals surface area contributed by atoms with Crippen LogP contribution in [0.5, 0.6) is 0 Å². The largest absolute Gasteiger partial charge is 0.453 e. The number of ketones is 2. The molecule has 0 atom stereocenters. The summed E-state index contributed by atoms with van der Waals surface area (Å²) in [5, 5.41) is 20.3. The number of fused-ring (bicyclic) bond motifs is 3. The molecule has 134 heavy (non-hydrogen) atoms. The van der Waals surface area contributed by atoms with Gasteiger partial charge in [-0.2, -0.15) is 39.5 Å². The summed E-state index contributed by atoms with van der Waals surface area (Å²) in [6.45, 7) is 17.5. The van der Waals surface area contributed by atoms with Crippen molar-refractivity contribution in [2.75, 3.05) is 170 Å². The van der Waals surface area contributed by atoms with Crippen LogP contribution in [0.3, 0.4) is 0 Å². The normalized spacial score (nSPS) is 15.9. The molecule has 6 saturated heterocycles. The highest BCUT2D eigenvalue weighted by Gasteiger charge is 2.40. The fourth-order valence-corrected chi connectivity index (χ4v) is 16.6. The molecule has 0 spiro atoms. The van der Waals surface area contributed by atoms with Gasteiger partial charge in [0.25, 0.3) is 5.91 Å². The summed E-state index contributed by atoms with van der Waals surface area (Å²) in [5.41, 5.74) is 6.51.